The summed E-state index contributed by atoms with van der Waals surface area (Å²) in [5.41, 5.74) is 0. The Morgan fingerprint density at radius 2 is 1.85 bits per heavy atom. The first-order valence-electron chi connectivity index (χ1n) is 3.48. The van der Waals surface area contributed by atoms with Crippen LogP contribution in [0.15, 0.2) is 12.8 Å². The lowest BCUT2D eigenvalue weighted by atomic mass is 10.7. The molecule has 0 atom stereocenters. The molecule has 0 aromatic rings. The van der Waals surface area contributed by atoms with E-state index in [9.17, 15) is 8.42 Å². The molecule has 0 saturated carbocycles. The van der Waals surface area contributed by atoms with E-state index in [0.717, 1.165) is 0 Å². The van der Waals surface area contributed by atoms with Gasteiger partial charge >= 0.3 is 10.4 Å². The summed E-state index contributed by atoms with van der Waals surface area (Å²) in [6, 6.07) is 0. The monoisotopic (exact) mass is 212 g/mol. The molecule has 0 bridgehead atoms. The van der Waals surface area contributed by atoms with Crippen LogP contribution in [0.1, 0.15) is 0 Å². The molecule has 0 heterocycles. The Hall–Kier alpha value is -0.630. The summed E-state index contributed by atoms with van der Waals surface area (Å²) in [6.45, 7) is 3.82. The van der Waals surface area contributed by atoms with Crippen molar-refractivity contribution in [3.05, 3.63) is 12.8 Å². The third-order valence-corrected chi connectivity index (χ3v) is 1.39. The first-order valence-corrected chi connectivity index (χ1v) is 4.85. The Labute approximate surface area is 77.1 Å². The zero-order valence-electron chi connectivity index (χ0n) is 7.01. The van der Waals surface area contributed by atoms with Gasteiger partial charge in [0, 0.05) is 0 Å². The lowest BCUT2D eigenvalue weighted by Crippen LogP contribution is -2.11. The van der Waals surface area contributed by atoms with Gasteiger partial charge in [-0.05, 0) is 0 Å². The van der Waals surface area contributed by atoms with E-state index < -0.39 is 10.4 Å². The van der Waals surface area contributed by atoms with Gasteiger partial charge < -0.3 is 9.47 Å². The van der Waals surface area contributed by atoms with E-state index >= 15 is 0 Å². The van der Waals surface area contributed by atoms with Crippen LogP contribution < -0.4 is 0 Å². The quantitative estimate of drug-likeness (QED) is 0.346. The molecule has 0 unspecified atom stereocenters. The topological polar surface area (TPSA) is 82.1 Å². The SMILES string of the molecule is C=COCCOCCOS(=O)(=O)O. The second-order valence-corrected chi connectivity index (χ2v) is 2.99. The highest BCUT2D eigenvalue weighted by molar-refractivity contribution is 7.80. The molecule has 0 spiro atoms. The fourth-order valence-electron chi connectivity index (χ4n) is 0.491. The van der Waals surface area contributed by atoms with Crippen LogP contribution in [-0.4, -0.2) is 39.4 Å². The van der Waals surface area contributed by atoms with Crippen molar-refractivity contribution in [2.45, 2.75) is 0 Å². The van der Waals surface area contributed by atoms with Crippen LogP contribution in [0.2, 0.25) is 0 Å². The van der Waals surface area contributed by atoms with Gasteiger partial charge in [0.1, 0.15) is 6.61 Å². The molecule has 7 heteroatoms. The van der Waals surface area contributed by atoms with Crippen molar-refractivity contribution in [3.8, 4) is 0 Å². The van der Waals surface area contributed by atoms with Crippen LogP contribution in [0.4, 0.5) is 0 Å². The maximum Gasteiger partial charge on any atom is 0.397 e. The van der Waals surface area contributed by atoms with Gasteiger partial charge in [-0.3, -0.25) is 4.55 Å². The number of hydrogen-bond acceptors (Lipinski definition) is 5. The first-order chi connectivity index (χ1) is 6.06. The number of ether oxygens (including phenoxy) is 2. The summed E-state index contributed by atoms with van der Waals surface area (Å²) in [5, 5.41) is 0. The Balaban J connectivity index is 3.13. The minimum Gasteiger partial charge on any atom is -0.499 e. The maximum absolute atomic E-state index is 10.0. The van der Waals surface area contributed by atoms with Gasteiger partial charge in [0.15, 0.2) is 0 Å². The van der Waals surface area contributed by atoms with E-state index in [2.05, 4.69) is 10.8 Å². The molecule has 78 valence electrons. The molecule has 0 aliphatic carbocycles. The van der Waals surface area contributed by atoms with Crippen molar-refractivity contribution in [1.29, 1.82) is 0 Å². The zero-order chi connectivity index (χ0) is 10.2. The van der Waals surface area contributed by atoms with Gasteiger partial charge in [0.25, 0.3) is 0 Å². The van der Waals surface area contributed by atoms with Crippen molar-refractivity contribution >= 4 is 10.4 Å². The van der Waals surface area contributed by atoms with E-state index in [0.29, 0.717) is 13.2 Å². The van der Waals surface area contributed by atoms with E-state index in [-0.39, 0.29) is 13.2 Å². The summed E-state index contributed by atoms with van der Waals surface area (Å²) in [4.78, 5) is 0. The Kier molecular flexibility index (Phi) is 6.51. The standard InChI is InChI=1S/C6H12O6S/c1-2-10-3-4-11-5-6-12-13(7,8)9/h2H,1,3-6H2,(H,7,8,9). The van der Waals surface area contributed by atoms with Crippen LogP contribution >= 0.6 is 0 Å². The summed E-state index contributed by atoms with van der Waals surface area (Å²) in [7, 11) is -4.35. The van der Waals surface area contributed by atoms with Crippen LogP contribution in [0, 0.1) is 0 Å². The van der Waals surface area contributed by atoms with Crippen molar-refractivity contribution < 1.29 is 26.6 Å². The fraction of sp³-hybridized carbons (Fsp3) is 0.667. The molecule has 0 aromatic carbocycles. The van der Waals surface area contributed by atoms with Crippen LogP contribution in [-0.2, 0) is 24.1 Å². The van der Waals surface area contributed by atoms with Crippen molar-refractivity contribution in [3.63, 3.8) is 0 Å². The minimum absolute atomic E-state index is 0.0697. The smallest absolute Gasteiger partial charge is 0.397 e. The van der Waals surface area contributed by atoms with Gasteiger partial charge in [-0.2, -0.15) is 8.42 Å². The molecule has 13 heavy (non-hydrogen) atoms. The molecule has 0 aromatic heterocycles. The van der Waals surface area contributed by atoms with Crippen molar-refractivity contribution in [2.24, 2.45) is 0 Å². The third-order valence-electron chi connectivity index (χ3n) is 0.923. The molecular formula is C6H12O6S. The molecular weight excluding hydrogens is 200 g/mol. The molecule has 0 rings (SSSR count). The zero-order valence-corrected chi connectivity index (χ0v) is 7.83. The average Bonchev–Trinajstić information content (AvgIpc) is 2.01. The van der Waals surface area contributed by atoms with Gasteiger partial charge in [0.2, 0.25) is 0 Å². The van der Waals surface area contributed by atoms with E-state index in [1.807, 2.05) is 0 Å². The average molecular weight is 212 g/mol. The molecule has 0 aliphatic heterocycles. The first kappa shape index (κ1) is 12.4. The highest BCUT2D eigenvalue weighted by Gasteiger charge is 2.02. The summed E-state index contributed by atoms with van der Waals surface area (Å²) < 4.78 is 41.7. The molecule has 1 N–H and O–H groups in total. The lowest BCUT2D eigenvalue weighted by molar-refractivity contribution is 0.0641. The van der Waals surface area contributed by atoms with E-state index in [1.54, 1.807) is 0 Å². The highest BCUT2D eigenvalue weighted by Crippen LogP contribution is 1.86. The van der Waals surface area contributed by atoms with E-state index in [1.165, 1.54) is 6.26 Å². The largest absolute Gasteiger partial charge is 0.499 e. The maximum atomic E-state index is 10.0. The fourth-order valence-corrected chi connectivity index (χ4v) is 0.769. The van der Waals surface area contributed by atoms with E-state index in [4.69, 9.17) is 14.0 Å². The van der Waals surface area contributed by atoms with Crippen LogP contribution in [0.5, 0.6) is 0 Å². The number of hydrogen-bond donors (Lipinski definition) is 1. The van der Waals surface area contributed by atoms with Crippen molar-refractivity contribution in [1.82, 2.24) is 0 Å². The Bertz CT molecular complexity index is 221. The minimum atomic E-state index is -4.35. The highest BCUT2D eigenvalue weighted by atomic mass is 32.3. The van der Waals surface area contributed by atoms with Gasteiger partial charge in [-0.1, -0.05) is 6.58 Å². The molecule has 0 fully saturated rings. The summed E-state index contributed by atoms with van der Waals surface area (Å²) in [5.74, 6) is 0. The molecule has 6 nitrogen and oxygen atoms in total. The van der Waals surface area contributed by atoms with Crippen LogP contribution in [0.3, 0.4) is 0 Å². The summed E-state index contributed by atoms with van der Waals surface area (Å²) >= 11 is 0. The molecule has 0 amide bonds. The Morgan fingerprint density at radius 1 is 1.23 bits per heavy atom. The predicted octanol–water partition coefficient (Wildman–Crippen LogP) is -0.0175. The predicted molar refractivity (Wildman–Crippen MR) is 44.5 cm³/mol. The number of rotatable bonds is 8. The second-order valence-electron chi connectivity index (χ2n) is 1.90. The van der Waals surface area contributed by atoms with Gasteiger partial charge in [0.05, 0.1) is 26.1 Å². The van der Waals surface area contributed by atoms with Gasteiger partial charge in [-0.15, -0.1) is 0 Å². The third kappa shape index (κ3) is 11.4. The molecule has 0 aliphatic rings. The molecule has 0 radical (unpaired) electrons. The second kappa shape index (κ2) is 6.84. The Morgan fingerprint density at radius 3 is 2.38 bits per heavy atom. The van der Waals surface area contributed by atoms with Gasteiger partial charge in [-0.25, -0.2) is 4.18 Å². The van der Waals surface area contributed by atoms with Crippen molar-refractivity contribution in [2.75, 3.05) is 26.4 Å². The lowest BCUT2D eigenvalue weighted by Gasteiger charge is -2.02. The summed E-state index contributed by atoms with van der Waals surface area (Å²) in [6.07, 6.45) is 1.28. The molecule has 0 saturated heterocycles. The normalized spacial score (nSPS) is 11.2. The van der Waals surface area contributed by atoms with Crippen LogP contribution in [0.25, 0.3) is 0 Å².